The molecule has 0 bridgehead atoms. The maximum atomic E-state index is 13.4. The van der Waals surface area contributed by atoms with Crippen molar-refractivity contribution in [1.82, 2.24) is 10.6 Å². The number of amides is 1. The van der Waals surface area contributed by atoms with E-state index >= 15 is 0 Å². The minimum absolute atomic E-state index is 0. The molecule has 112 valence electrons. The third-order valence-corrected chi connectivity index (χ3v) is 3.83. The highest BCUT2D eigenvalue weighted by atomic mass is 35.5. The van der Waals surface area contributed by atoms with Gasteiger partial charge in [-0.15, -0.1) is 12.4 Å². The first-order valence-corrected chi connectivity index (χ1v) is 6.80. The summed E-state index contributed by atoms with van der Waals surface area (Å²) < 4.78 is 13.4. The maximum absolute atomic E-state index is 13.4. The van der Waals surface area contributed by atoms with Crippen LogP contribution in [0.2, 0.25) is 0 Å². The van der Waals surface area contributed by atoms with Crippen LogP contribution in [-0.2, 0) is 11.2 Å². The van der Waals surface area contributed by atoms with E-state index in [1.807, 2.05) is 0 Å². The Morgan fingerprint density at radius 3 is 2.65 bits per heavy atom. The maximum Gasteiger partial charge on any atom is 0.224 e. The van der Waals surface area contributed by atoms with E-state index in [0.717, 1.165) is 25.9 Å². The van der Waals surface area contributed by atoms with Gasteiger partial charge in [-0.3, -0.25) is 4.79 Å². The van der Waals surface area contributed by atoms with Crippen LogP contribution in [0.4, 0.5) is 4.39 Å². The molecule has 3 nitrogen and oxygen atoms in total. The number of carbonyl (C=O) groups is 1. The minimum Gasteiger partial charge on any atom is -0.355 e. The SMILES string of the molecule is CC1(CNC(=O)Cc2ccccc2F)CCNCC1.Cl. The Balaban J connectivity index is 0.00000200. The van der Waals surface area contributed by atoms with E-state index in [0.29, 0.717) is 12.1 Å². The summed E-state index contributed by atoms with van der Waals surface area (Å²) in [6, 6.07) is 6.42. The zero-order valence-electron chi connectivity index (χ0n) is 11.7. The second-order valence-electron chi connectivity index (χ2n) is 5.61. The fraction of sp³-hybridized carbons (Fsp3) is 0.533. The molecular formula is C15H22ClFN2O. The van der Waals surface area contributed by atoms with Crippen LogP contribution in [0.3, 0.4) is 0 Å². The van der Waals surface area contributed by atoms with Crippen LogP contribution in [0.15, 0.2) is 24.3 Å². The van der Waals surface area contributed by atoms with Crippen molar-refractivity contribution in [2.45, 2.75) is 26.2 Å². The van der Waals surface area contributed by atoms with Crippen LogP contribution in [0, 0.1) is 11.2 Å². The molecule has 1 aromatic carbocycles. The van der Waals surface area contributed by atoms with Crippen LogP contribution in [0.5, 0.6) is 0 Å². The molecular weight excluding hydrogens is 279 g/mol. The molecule has 0 radical (unpaired) electrons. The number of piperidine rings is 1. The smallest absolute Gasteiger partial charge is 0.224 e. The van der Waals surface area contributed by atoms with E-state index in [-0.39, 0.29) is 36.0 Å². The highest BCUT2D eigenvalue weighted by Crippen LogP contribution is 2.26. The monoisotopic (exact) mass is 300 g/mol. The predicted octanol–water partition coefficient (Wildman–Crippen LogP) is 2.30. The summed E-state index contributed by atoms with van der Waals surface area (Å²) in [6.07, 6.45) is 2.24. The van der Waals surface area contributed by atoms with Crippen LogP contribution in [-0.4, -0.2) is 25.5 Å². The van der Waals surface area contributed by atoms with E-state index in [2.05, 4.69) is 17.6 Å². The molecule has 20 heavy (non-hydrogen) atoms. The molecule has 0 aromatic heterocycles. The number of halogens is 2. The van der Waals surface area contributed by atoms with E-state index in [1.54, 1.807) is 18.2 Å². The quantitative estimate of drug-likeness (QED) is 0.896. The van der Waals surface area contributed by atoms with Gasteiger partial charge in [0.25, 0.3) is 0 Å². The molecule has 0 atom stereocenters. The Labute approximate surface area is 125 Å². The van der Waals surface area contributed by atoms with E-state index < -0.39 is 0 Å². The Morgan fingerprint density at radius 1 is 1.35 bits per heavy atom. The molecule has 1 amide bonds. The lowest BCUT2D eigenvalue weighted by atomic mass is 9.81. The van der Waals surface area contributed by atoms with Crippen molar-refractivity contribution in [3.05, 3.63) is 35.6 Å². The Bertz CT molecular complexity index is 447. The van der Waals surface area contributed by atoms with Crippen molar-refractivity contribution in [2.75, 3.05) is 19.6 Å². The van der Waals surface area contributed by atoms with Gasteiger partial charge in [-0.1, -0.05) is 25.1 Å². The normalized spacial score (nSPS) is 17.1. The Kier molecular flexibility index (Phi) is 6.43. The van der Waals surface area contributed by atoms with Gasteiger partial charge in [0, 0.05) is 6.54 Å². The first-order chi connectivity index (χ1) is 9.09. The van der Waals surface area contributed by atoms with Gasteiger partial charge >= 0.3 is 0 Å². The van der Waals surface area contributed by atoms with Crippen molar-refractivity contribution in [3.63, 3.8) is 0 Å². The number of rotatable bonds is 4. The molecule has 0 unspecified atom stereocenters. The topological polar surface area (TPSA) is 41.1 Å². The molecule has 1 aliphatic heterocycles. The van der Waals surface area contributed by atoms with Gasteiger partial charge in [0.2, 0.25) is 5.91 Å². The zero-order valence-corrected chi connectivity index (χ0v) is 12.6. The largest absolute Gasteiger partial charge is 0.355 e. The number of hydrogen-bond donors (Lipinski definition) is 2. The molecule has 1 fully saturated rings. The van der Waals surface area contributed by atoms with Gasteiger partial charge in [0.1, 0.15) is 5.82 Å². The number of carbonyl (C=O) groups excluding carboxylic acids is 1. The van der Waals surface area contributed by atoms with Crippen molar-refractivity contribution in [2.24, 2.45) is 5.41 Å². The van der Waals surface area contributed by atoms with Gasteiger partial charge in [0.05, 0.1) is 6.42 Å². The minimum atomic E-state index is -0.314. The molecule has 1 aliphatic rings. The molecule has 1 heterocycles. The van der Waals surface area contributed by atoms with Crippen molar-refractivity contribution >= 4 is 18.3 Å². The second-order valence-corrected chi connectivity index (χ2v) is 5.61. The third kappa shape index (κ3) is 4.76. The summed E-state index contributed by atoms with van der Waals surface area (Å²) in [7, 11) is 0. The van der Waals surface area contributed by atoms with Crippen LogP contribution in [0.25, 0.3) is 0 Å². The predicted molar refractivity (Wildman–Crippen MR) is 80.6 cm³/mol. The van der Waals surface area contributed by atoms with Crippen LogP contribution < -0.4 is 10.6 Å². The standard InChI is InChI=1S/C15H21FN2O.ClH/c1-15(6-8-17-9-7-15)11-18-14(19)10-12-4-2-3-5-13(12)16;/h2-5,17H,6-11H2,1H3,(H,18,19);1H. The van der Waals surface area contributed by atoms with E-state index in [1.165, 1.54) is 6.07 Å². The summed E-state index contributed by atoms with van der Waals surface area (Å²) in [5.41, 5.74) is 0.617. The zero-order chi connectivity index (χ0) is 13.7. The van der Waals surface area contributed by atoms with Gasteiger partial charge in [-0.25, -0.2) is 4.39 Å². The fourth-order valence-corrected chi connectivity index (χ4v) is 2.40. The van der Waals surface area contributed by atoms with Crippen LogP contribution >= 0.6 is 12.4 Å². The molecule has 5 heteroatoms. The van der Waals surface area contributed by atoms with Crippen molar-refractivity contribution < 1.29 is 9.18 Å². The van der Waals surface area contributed by atoms with Crippen LogP contribution in [0.1, 0.15) is 25.3 Å². The van der Waals surface area contributed by atoms with Gasteiger partial charge in [-0.05, 0) is 43.0 Å². The van der Waals surface area contributed by atoms with Crippen molar-refractivity contribution in [1.29, 1.82) is 0 Å². The molecule has 1 aromatic rings. The fourth-order valence-electron chi connectivity index (χ4n) is 2.40. The summed E-state index contributed by atoms with van der Waals surface area (Å²) >= 11 is 0. The summed E-state index contributed by atoms with van der Waals surface area (Å²) in [4.78, 5) is 11.9. The number of hydrogen-bond acceptors (Lipinski definition) is 2. The summed E-state index contributed by atoms with van der Waals surface area (Å²) in [5.74, 6) is -0.421. The molecule has 0 saturated carbocycles. The van der Waals surface area contributed by atoms with E-state index in [9.17, 15) is 9.18 Å². The Hall–Kier alpha value is -1.13. The molecule has 0 spiro atoms. The average molecular weight is 301 g/mol. The van der Waals surface area contributed by atoms with Gasteiger partial charge in [-0.2, -0.15) is 0 Å². The average Bonchev–Trinajstić information content (AvgIpc) is 2.40. The summed E-state index contributed by atoms with van der Waals surface area (Å²) in [5, 5.41) is 6.25. The highest BCUT2D eigenvalue weighted by molar-refractivity contribution is 5.85. The third-order valence-electron chi connectivity index (χ3n) is 3.83. The Morgan fingerprint density at radius 2 is 2.00 bits per heavy atom. The first kappa shape index (κ1) is 16.9. The highest BCUT2D eigenvalue weighted by Gasteiger charge is 2.26. The van der Waals surface area contributed by atoms with Gasteiger partial charge in [0.15, 0.2) is 0 Å². The lowest BCUT2D eigenvalue weighted by Gasteiger charge is -2.34. The molecule has 2 rings (SSSR count). The van der Waals surface area contributed by atoms with E-state index in [4.69, 9.17) is 0 Å². The van der Waals surface area contributed by atoms with Gasteiger partial charge < -0.3 is 10.6 Å². The molecule has 1 saturated heterocycles. The molecule has 0 aliphatic carbocycles. The number of benzene rings is 1. The lowest BCUT2D eigenvalue weighted by Crippen LogP contribution is -2.43. The lowest BCUT2D eigenvalue weighted by molar-refractivity contribution is -0.121. The van der Waals surface area contributed by atoms with Crippen molar-refractivity contribution in [3.8, 4) is 0 Å². The summed E-state index contributed by atoms with van der Waals surface area (Å²) in [6.45, 7) is 4.86. The first-order valence-electron chi connectivity index (χ1n) is 6.80. The number of nitrogens with one attached hydrogen (secondary N) is 2. The second kappa shape index (κ2) is 7.60. The molecule has 2 N–H and O–H groups in total.